The van der Waals surface area contributed by atoms with Crippen molar-refractivity contribution in [1.29, 1.82) is 0 Å². The zero-order chi connectivity index (χ0) is 13.1. The van der Waals surface area contributed by atoms with Crippen LogP contribution in [0.3, 0.4) is 0 Å². The minimum absolute atomic E-state index is 0.618. The van der Waals surface area contributed by atoms with Gasteiger partial charge in [-0.2, -0.15) is 0 Å². The lowest BCUT2D eigenvalue weighted by Gasteiger charge is -2.30. The van der Waals surface area contributed by atoms with Crippen LogP contribution < -0.4 is 5.73 Å². The van der Waals surface area contributed by atoms with Crippen molar-refractivity contribution in [3.63, 3.8) is 0 Å². The fourth-order valence-electron chi connectivity index (χ4n) is 3.84. The van der Waals surface area contributed by atoms with E-state index in [9.17, 15) is 0 Å². The minimum atomic E-state index is 0.618. The molecule has 1 heterocycles. The monoisotopic (exact) mass is 262 g/mol. The van der Waals surface area contributed by atoms with E-state index in [2.05, 4.69) is 14.8 Å². The zero-order valence-electron chi connectivity index (χ0n) is 11.8. The smallest absolute Gasteiger partial charge is 0.136 e. The number of nitrogens with zero attached hydrogens (tertiary/aromatic N) is 3. The highest BCUT2D eigenvalue weighted by Crippen LogP contribution is 2.37. The van der Waals surface area contributed by atoms with Crippen LogP contribution in [0.2, 0.25) is 0 Å². The lowest BCUT2D eigenvalue weighted by atomic mass is 9.81. The maximum Gasteiger partial charge on any atom is 0.136 e. The third-order valence-electron chi connectivity index (χ3n) is 5.11. The molecule has 4 heteroatoms. The van der Waals surface area contributed by atoms with Gasteiger partial charge in [0.15, 0.2) is 0 Å². The van der Waals surface area contributed by atoms with Gasteiger partial charge in [0.05, 0.1) is 0 Å². The molecule has 106 valence electrons. The number of hydrogen-bond acceptors (Lipinski definition) is 3. The summed E-state index contributed by atoms with van der Waals surface area (Å²) in [5, 5.41) is 8.65. The number of hydrogen-bond donors (Lipinski definition) is 1. The summed E-state index contributed by atoms with van der Waals surface area (Å²) in [7, 11) is 0. The second kappa shape index (κ2) is 6.04. The average Bonchev–Trinajstić information content (AvgIpc) is 2.98. The first-order chi connectivity index (χ1) is 9.38. The molecule has 0 aliphatic heterocycles. The summed E-state index contributed by atoms with van der Waals surface area (Å²) in [4.78, 5) is 0. The van der Waals surface area contributed by atoms with Gasteiger partial charge in [-0.05, 0) is 51.0 Å². The molecule has 0 bridgehead atoms. The first kappa shape index (κ1) is 13.1. The standard InChI is InChI=1S/C15H26N4/c16-10-12-6-8-13(9-7-12)15-18-17-11-19(15)14-4-2-1-3-5-14/h11-14H,1-10,16H2. The Hall–Kier alpha value is -0.900. The van der Waals surface area contributed by atoms with Crippen molar-refractivity contribution in [3.05, 3.63) is 12.2 Å². The maximum absolute atomic E-state index is 5.78. The van der Waals surface area contributed by atoms with E-state index in [0.717, 1.165) is 12.5 Å². The van der Waals surface area contributed by atoms with Gasteiger partial charge in [-0.3, -0.25) is 0 Å². The summed E-state index contributed by atoms with van der Waals surface area (Å²) in [6.45, 7) is 0.849. The van der Waals surface area contributed by atoms with Crippen LogP contribution in [0.1, 0.15) is 75.6 Å². The van der Waals surface area contributed by atoms with Gasteiger partial charge in [-0.25, -0.2) is 0 Å². The van der Waals surface area contributed by atoms with Crippen LogP contribution in [0, 0.1) is 5.92 Å². The molecule has 0 aromatic carbocycles. The molecule has 2 N–H and O–H groups in total. The third kappa shape index (κ3) is 2.83. The first-order valence-electron chi connectivity index (χ1n) is 7.98. The second-order valence-electron chi connectivity index (χ2n) is 6.34. The highest BCUT2D eigenvalue weighted by Gasteiger charge is 2.27. The van der Waals surface area contributed by atoms with Crippen molar-refractivity contribution < 1.29 is 0 Å². The predicted molar refractivity (Wildman–Crippen MR) is 75.9 cm³/mol. The highest BCUT2D eigenvalue weighted by molar-refractivity contribution is 5.01. The highest BCUT2D eigenvalue weighted by atomic mass is 15.3. The van der Waals surface area contributed by atoms with Crippen molar-refractivity contribution >= 4 is 0 Å². The molecule has 0 unspecified atom stereocenters. The molecule has 1 aromatic rings. The Morgan fingerprint density at radius 3 is 2.47 bits per heavy atom. The summed E-state index contributed by atoms with van der Waals surface area (Å²) in [6, 6.07) is 0.658. The van der Waals surface area contributed by atoms with E-state index in [1.54, 1.807) is 0 Å². The zero-order valence-corrected chi connectivity index (χ0v) is 11.8. The first-order valence-corrected chi connectivity index (χ1v) is 7.98. The van der Waals surface area contributed by atoms with Crippen LogP contribution >= 0.6 is 0 Å². The second-order valence-corrected chi connectivity index (χ2v) is 6.34. The van der Waals surface area contributed by atoms with E-state index in [1.807, 2.05) is 6.33 Å². The predicted octanol–water partition coefficient (Wildman–Crippen LogP) is 3.02. The molecule has 0 amide bonds. The van der Waals surface area contributed by atoms with Gasteiger partial charge in [0.2, 0.25) is 0 Å². The van der Waals surface area contributed by atoms with Gasteiger partial charge < -0.3 is 10.3 Å². The van der Waals surface area contributed by atoms with E-state index in [-0.39, 0.29) is 0 Å². The van der Waals surface area contributed by atoms with Gasteiger partial charge in [-0.15, -0.1) is 10.2 Å². The molecule has 0 spiro atoms. The summed E-state index contributed by atoms with van der Waals surface area (Å²) in [5.74, 6) is 2.61. The molecular weight excluding hydrogens is 236 g/mol. The van der Waals surface area contributed by atoms with Crippen molar-refractivity contribution in [3.8, 4) is 0 Å². The topological polar surface area (TPSA) is 56.7 Å². The molecule has 19 heavy (non-hydrogen) atoms. The van der Waals surface area contributed by atoms with E-state index >= 15 is 0 Å². The lowest BCUT2D eigenvalue weighted by molar-refractivity contribution is 0.298. The van der Waals surface area contributed by atoms with Crippen LogP contribution in [0.15, 0.2) is 6.33 Å². The minimum Gasteiger partial charge on any atom is -0.330 e. The van der Waals surface area contributed by atoms with Crippen molar-refractivity contribution in [1.82, 2.24) is 14.8 Å². The van der Waals surface area contributed by atoms with Crippen molar-refractivity contribution in [2.75, 3.05) is 6.54 Å². The van der Waals surface area contributed by atoms with E-state index < -0.39 is 0 Å². The van der Waals surface area contributed by atoms with E-state index in [1.165, 1.54) is 63.6 Å². The normalized spacial score (nSPS) is 29.5. The van der Waals surface area contributed by atoms with Crippen LogP contribution in [-0.2, 0) is 0 Å². The van der Waals surface area contributed by atoms with Crippen LogP contribution in [0.4, 0.5) is 0 Å². The molecule has 2 saturated carbocycles. The Morgan fingerprint density at radius 2 is 1.79 bits per heavy atom. The number of aromatic nitrogens is 3. The molecule has 2 fully saturated rings. The molecular formula is C15H26N4. The third-order valence-corrected chi connectivity index (χ3v) is 5.11. The van der Waals surface area contributed by atoms with E-state index in [4.69, 9.17) is 5.73 Å². The SMILES string of the molecule is NCC1CCC(c2nncn2C2CCCCC2)CC1. The molecule has 4 nitrogen and oxygen atoms in total. The molecule has 2 aliphatic rings. The Kier molecular flexibility index (Phi) is 4.16. The fourth-order valence-corrected chi connectivity index (χ4v) is 3.84. The number of nitrogens with two attached hydrogens (primary N) is 1. The summed E-state index contributed by atoms with van der Waals surface area (Å²) in [6.07, 6.45) is 13.7. The van der Waals surface area contributed by atoms with Crippen LogP contribution in [0.5, 0.6) is 0 Å². The van der Waals surface area contributed by atoms with E-state index in [0.29, 0.717) is 12.0 Å². The van der Waals surface area contributed by atoms with Crippen LogP contribution in [0.25, 0.3) is 0 Å². The summed E-state index contributed by atoms with van der Waals surface area (Å²) < 4.78 is 2.40. The van der Waals surface area contributed by atoms with Gasteiger partial charge in [-0.1, -0.05) is 19.3 Å². The Labute approximate surface area is 115 Å². The molecule has 0 radical (unpaired) electrons. The molecule has 0 saturated heterocycles. The fraction of sp³-hybridized carbons (Fsp3) is 0.867. The lowest BCUT2D eigenvalue weighted by Crippen LogP contribution is -2.23. The molecule has 3 rings (SSSR count). The Morgan fingerprint density at radius 1 is 1.05 bits per heavy atom. The molecule has 1 aromatic heterocycles. The average molecular weight is 262 g/mol. The Balaban J connectivity index is 1.69. The quantitative estimate of drug-likeness (QED) is 0.911. The Bertz CT molecular complexity index is 387. The summed E-state index contributed by atoms with van der Waals surface area (Å²) >= 11 is 0. The van der Waals surface area contributed by atoms with Crippen molar-refractivity contribution in [2.45, 2.75) is 69.7 Å². The molecule has 2 aliphatic carbocycles. The largest absolute Gasteiger partial charge is 0.330 e. The van der Waals surface area contributed by atoms with Gasteiger partial charge in [0.1, 0.15) is 12.2 Å². The van der Waals surface area contributed by atoms with Gasteiger partial charge in [0.25, 0.3) is 0 Å². The maximum atomic E-state index is 5.78. The van der Waals surface area contributed by atoms with Crippen LogP contribution in [-0.4, -0.2) is 21.3 Å². The summed E-state index contributed by atoms with van der Waals surface area (Å²) in [5.41, 5.74) is 5.78. The van der Waals surface area contributed by atoms with Gasteiger partial charge >= 0.3 is 0 Å². The van der Waals surface area contributed by atoms with Gasteiger partial charge in [0, 0.05) is 12.0 Å². The van der Waals surface area contributed by atoms with Crippen molar-refractivity contribution in [2.24, 2.45) is 11.7 Å². The molecule has 0 atom stereocenters. The number of rotatable bonds is 3.